The third kappa shape index (κ3) is 4.06. The van der Waals surface area contributed by atoms with Gasteiger partial charge in [-0.05, 0) is 37.1 Å². The Hall–Kier alpha value is -3.80. The third-order valence-corrected chi connectivity index (χ3v) is 4.64. The van der Waals surface area contributed by atoms with Gasteiger partial charge in [0.25, 0.3) is 0 Å². The van der Waals surface area contributed by atoms with Crippen molar-refractivity contribution in [2.24, 2.45) is 0 Å². The zero-order chi connectivity index (χ0) is 20.2. The van der Waals surface area contributed by atoms with Gasteiger partial charge in [-0.15, -0.1) is 0 Å². The Morgan fingerprint density at radius 3 is 2.66 bits per heavy atom. The van der Waals surface area contributed by atoms with E-state index in [-0.39, 0.29) is 18.2 Å². The van der Waals surface area contributed by atoms with Crippen molar-refractivity contribution in [3.63, 3.8) is 0 Å². The molecule has 1 amide bonds. The van der Waals surface area contributed by atoms with Gasteiger partial charge in [0, 0.05) is 11.8 Å². The Labute approximate surface area is 168 Å². The number of aryl methyl sites for hydroxylation is 2. The Bertz CT molecular complexity index is 1140. The molecule has 144 valence electrons. The number of amides is 1. The maximum absolute atomic E-state index is 12.6. The minimum absolute atomic E-state index is 0.185. The average molecular weight is 384 g/mol. The van der Waals surface area contributed by atoms with Crippen LogP contribution in [0.4, 0.5) is 5.88 Å². The molecule has 2 aromatic carbocycles. The summed E-state index contributed by atoms with van der Waals surface area (Å²) in [6.45, 7) is 4.04. The van der Waals surface area contributed by atoms with E-state index in [2.05, 4.69) is 20.4 Å². The zero-order valence-electron chi connectivity index (χ0n) is 16.2. The van der Waals surface area contributed by atoms with E-state index in [9.17, 15) is 4.79 Å². The summed E-state index contributed by atoms with van der Waals surface area (Å²) in [7, 11) is 0. The lowest BCUT2D eigenvalue weighted by atomic mass is 9.98. The molecule has 1 N–H and O–H groups in total. The number of hydrogen-bond donors (Lipinski definition) is 1. The summed E-state index contributed by atoms with van der Waals surface area (Å²) >= 11 is 0. The van der Waals surface area contributed by atoms with E-state index >= 15 is 0 Å². The Balaban J connectivity index is 1.74. The van der Waals surface area contributed by atoms with Gasteiger partial charge < -0.3 is 4.52 Å². The van der Waals surface area contributed by atoms with E-state index in [4.69, 9.17) is 4.52 Å². The number of rotatable bonds is 5. The summed E-state index contributed by atoms with van der Waals surface area (Å²) in [5, 5.41) is 7.13. The average Bonchev–Trinajstić information content (AvgIpc) is 3.14. The van der Waals surface area contributed by atoms with Crippen molar-refractivity contribution in [1.82, 2.24) is 15.1 Å². The fraction of sp³-hybridized carbons (Fsp3) is 0.130. The smallest absolute Gasteiger partial charge is 0.241 e. The molecule has 0 fully saturated rings. The molecule has 0 bridgehead atoms. The standard InChI is InChI=1S/C23H20N4O2/c1-15-8-9-16(2)18(12-15)22-21(19-10-11-24-14-25-19)23(29-27-22)26-20(28)13-17-6-4-3-5-7-17/h3-12,14H,13H2,1-2H3,(H,26,28). The lowest BCUT2D eigenvalue weighted by Gasteiger charge is -2.08. The highest BCUT2D eigenvalue weighted by Gasteiger charge is 2.23. The Kier molecular flexibility index (Phi) is 5.16. The van der Waals surface area contributed by atoms with Gasteiger partial charge in [0.15, 0.2) is 0 Å². The van der Waals surface area contributed by atoms with Gasteiger partial charge in [0.2, 0.25) is 11.8 Å². The van der Waals surface area contributed by atoms with E-state index in [0.717, 1.165) is 22.3 Å². The molecule has 0 saturated carbocycles. The topological polar surface area (TPSA) is 80.9 Å². The number of nitrogens with zero attached hydrogens (tertiary/aromatic N) is 3. The van der Waals surface area contributed by atoms with E-state index in [0.29, 0.717) is 17.0 Å². The molecule has 4 aromatic rings. The molecule has 29 heavy (non-hydrogen) atoms. The quantitative estimate of drug-likeness (QED) is 0.544. The summed E-state index contributed by atoms with van der Waals surface area (Å²) < 4.78 is 5.57. The molecule has 0 radical (unpaired) electrons. The molecule has 4 rings (SSSR count). The van der Waals surface area contributed by atoms with Crippen LogP contribution >= 0.6 is 0 Å². The van der Waals surface area contributed by atoms with Gasteiger partial charge in [0.1, 0.15) is 12.0 Å². The van der Waals surface area contributed by atoms with E-state index in [1.165, 1.54) is 6.33 Å². The molecule has 6 nitrogen and oxygen atoms in total. The Morgan fingerprint density at radius 1 is 1.07 bits per heavy atom. The van der Waals surface area contributed by atoms with Crippen molar-refractivity contribution in [2.45, 2.75) is 20.3 Å². The number of hydrogen-bond acceptors (Lipinski definition) is 5. The molecule has 0 unspecified atom stereocenters. The lowest BCUT2D eigenvalue weighted by molar-refractivity contribution is -0.115. The number of benzene rings is 2. The highest BCUT2D eigenvalue weighted by molar-refractivity contribution is 5.97. The van der Waals surface area contributed by atoms with Crippen LogP contribution in [0.3, 0.4) is 0 Å². The number of aromatic nitrogens is 3. The van der Waals surface area contributed by atoms with Crippen LogP contribution in [0.5, 0.6) is 0 Å². The van der Waals surface area contributed by atoms with Crippen LogP contribution in [-0.4, -0.2) is 21.0 Å². The predicted octanol–water partition coefficient (Wildman–Crippen LogP) is 4.60. The predicted molar refractivity (Wildman–Crippen MR) is 111 cm³/mol. The van der Waals surface area contributed by atoms with Gasteiger partial charge in [-0.3, -0.25) is 10.1 Å². The fourth-order valence-corrected chi connectivity index (χ4v) is 3.18. The minimum atomic E-state index is -0.185. The number of nitrogens with one attached hydrogen (secondary N) is 1. The molecular weight excluding hydrogens is 364 g/mol. The summed E-state index contributed by atoms with van der Waals surface area (Å²) in [4.78, 5) is 20.9. The second-order valence-corrected chi connectivity index (χ2v) is 6.86. The van der Waals surface area contributed by atoms with Crippen LogP contribution in [0.1, 0.15) is 16.7 Å². The number of carbonyl (C=O) groups is 1. The molecule has 0 aliphatic rings. The van der Waals surface area contributed by atoms with Crippen molar-refractivity contribution < 1.29 is 9.32 Å². The largest absolute Gasteiger partial charge is 0.337 e. The second kappa shape index (κ2) is 8.06. The van der Waals surface area contributed by atoms with E-state index < -0.39 is 0 Å². The van der Waals surface area contributed by atoms with Crippen molar-refractivity contribution in [2.75, 3.05) is 5.32 Å². The third-order valence-electron chi connectivity index (χ3n) is 4.64. The molecule has 0 atom stereocenters. The molecule has 0 spiro atoms. The van der Waals surface area contributed by atoms with Crippen LogP contribution in [0, 0.1) is 13.8 Å². The van der Waals surface area contributed by atoms with Gasteiger partial charge in [-0.25, -0.2) is 9.97 Å². The van der Waals surface area contributed by atoms with Crippen LogP contribution in [0.25, 0.3) is 22.5 Å². The first-order valence-electron chi connectivity index (χ1n) is 9.29. The fourth-order valence-electron chi connectivity index (χ4n) is 3.18. The van der Waals surface area contributed by atoms with Gasteiger partial charge >= 0.3 is 0 Å². The first-order valence-corrected chi connectivity index (χ1v) is 9.29. The normalized spacial score (nSPS) is 10.7. The highest BCUT2D eigenvalue weighted by Crippen LogP contribution is 2.38. The van der Waals surface area contributed by atoms with Crippen LogP contribution in [0.15, 0.2) is 71.6 Å². The van der Waals surface area contributed by atoms with Crippen LogP contribution in [0.2, 0.25) is 0 Å². The van der Waals surface area contributed by atoms with Gasteiger partial charge in [0.05, 0.1) is 17.7 Å². The van der Waals surface area contributed by atoms with E-state index in [1.807, 2.05) is 62.4 Å². The SMILES string of the molecule is Cc1ccc(C)c(-c2noc(NC(=O)Cc3ccccc3)c2-c2ccncn2)c1. The maximum Gasteiger partial charge on any atom is 0.241 e. The monoisotopic (exact) mass is 384 g/mol. The summed E-state index contributed by atoms with van der Waals surface area (Å²) in [5.74, 6) is 0.0932. The first kappa shape index (κ1) is 18.6. The van der Waals surface area contributed by atoms with E-state index in [1.54, 1.807) is 12.3 Å². The van der Waals surface area contributed by atoms with Gasteiger partial charge in [-0.2, -0.15) is 0 Å². The summed E-state index contributed by atoms with van der Waals surface area (Å²) in [6, 6.07) is 17.5. The van der Waals surface area contributed by atoms with Crippen molar-refractivity contribution in [1.29, 1.82) is 0 Å². The Morgan fingerprint density at radius 2 is 1.90 bits per heavy atom. The second-order valence-electron chi connectivity index (χ2n) is 6.86. The summed E-state index contributed by atoms with van der Waals surface area (Å²) in [6.07, 6.45) is 3.35. The molecule has 2 heterocycles. The summed E-state index contributed by atoms with van der Waals surface area (Å²) in [5.41, 5.74) is 5.93. The van der Waals surface area contributed by atoms with Crippen molar-refractivity contribution in [3.8, 4) is 22.5 Å². The molecule has 0 saturated heterocycles. The number of carbonyl (C=O) groups excluding carboxylic acids is 1. The molecule has 6 heteroatoms. The molecular formula is C23H20N4O2. The number of anilines is 1. The molecule has 2 aromatic heterocycles. The highest BCUT2D eigenvalue weighted by atomic mass is 16.5. The minimum Gasteiger partial charge on any atom is -0.337 e. The van der Waals surface area contributed by atoms with Crippen molar-refractivity contribution >= 4 is 11.8 Å². The maximum atomic E-state index is 12.6. The lowest BCUT2D eigenvalue weighted by Crippen LogP contribution is -2.14. The first-order chi connectivity index (χ1) is 14.1. The zero-order valence-corrected chi connectivity index (χ0v) is 16.2. The molecule has 0 aliphatic heterocycles. The van der Waals surface area contributed by atoms with Crippen molar-refractivity contribution in [3.05, 3.63) is 83.8 Å². The van der Waals surface area contributed by atoms with Crippen LogP contribution < -0.4 is 5.32 Å². The van der Waals surface area contributed by atoms with Crippen LogP contribution in [-0.2, 0) is 11.2 Å². The van der Waals surface area contributed by atoms with Gasteiger partial charge in [-0.1, -0.05) is 53.2 Å². The molecule has 0 aliphatic carbocycles.